The van der Waals surface area contributed by atoms with Crippen LogP contribution in [-0.2, 0) is 19.2 Å². The van der Waals surface area contributed by atoms with Gasteiger partial charge in [-0.2, -0.15) is 0 Å². The van der Waals surface area contributed by atoms with E-state index >= 15 is 0 Å². The quantitative estimate of drug-likeness (QED) is 0.520. The van der Waals surface area contributed by atoms with Gasteiger partial charge in [-0.25, -0.2) is 0 Å². The van der Waals surface area contributed by atoms with Gasteiger partial charge >= 0.3 is 0 Å². The van der Waals surface area contributed by atoms with E-state index in [9.17, 15) is 19.2 Å². The zero-order valence-electron chi connectivity index (χ0n) is 17.9. The Morgan fingerprint density at radius 2 is 0.844 bits per heavy atom. The summed E-state index contributed by atoms with van der Waals surface area (Å²) in [7, 11) is 0. The van der Waals surface area contributed by atoms with Crippen LogP contribution < -0.4 is 0 Å². The van der Waals surface area contributed by atoms with Crippen molar-refractivity contribution < 1.29 is 19.2 Å². The number of thiophene rings is 2. The summed E-state index contributed by atoms with van der Waals surface area (Å²) in [6.45, 7) is 5.40. The number of hydrogen-bond acceptors (Lipinski definition) is 6. The van der Waals surface area contributed by atoms with Crippen LogP contribution >= 0.6 is 22.7 Å². The second-order valence-corrected chi connectivity index (χ2v) is 8.84. The molecular formula is C26H18O4S2. The van der Waals surface area contributed by atoms with Crippen LogP contribution in [0.3, 0.4) is 0 Å². The van der Waals surface area contributed by atoms with Crippen molar-refractivity contribution in [2.75, 3.05) is 0 Å². The molecule has 0 saturated heterocycles. The maximum absolute atomic E-state index is 11.4. The molecule has 0 unspecified atom stereocenters. The maximum atomic E-state index is 11.4. The molecule has 0 N–H and O–H groups in total. The van der Waals surface area contributed by atoms with E-state index in [2.05, 4.69) is 47.4 Å². The summed E-state index contributed by atoms with van der Waals surface area (Å²) in [5.41, 5.74) is 0. The molecule has 0 amide bonds. The second-order valence-electron chi connectivity index (χ2n) is 6.68. The zero-order chi connectivity index (χ0) is 23.7. The van der Waals surface area contributed by atoms with E-state index < -0.39 is 11.8 Å². The molecule has 0 aliphatic carbocycles. The van der Waals surface area contributed by atoms with Crippen molar-refractivity contribution in [1.29, 1.82) is 0 Å². The van der Waals surface area contributed by atoms with Gasteiger partial charge in [-0.3, -0.25) is 19.2 Å². The summed E-state index contributed by atoms with van der Waals surface area (Å²) in [5, 5.41) is 0. The predicted octanol–water partition coefficient (Wildman–Crippen LogP) is 3.50. The predicted molar refractivity (Wildman–Crippen MR) is 126 cm³/mol. The van der Waals surface area contributed by atoms with Crippen LogP contribution in [-0.4, -0.2) is 23.1 Å². The van der Waals surface area contributed by atoms with Gasteiger partial charge in [0.05, 0.1) is 19.5 Å². The van der Waals surface area contributed by atoms with Crippen molar-refractivity contribution in [2.45, 2.75) is 27.7 Å². The third kappa shape index (κ3) is 7.54. The molecule has 0 aliphatic heterocycles. The first-order valence-corrected chi connectivity index (χ1v) is 11.1. The molecule has 0 saturated carbocycles. The Bertz CT molecular complexity index is 1190. The van der Waals surface area contributed by atoms with Crippen LogP contribution in [0.25, 0.3) is 0 Å². The third-order valence-electron chi connectivity index (χ3n) is 3.95. The van der Waals surface area contributed by atoms with Crippen molar-refractivity contribution in [1.82, 2.24) is 0 Å². The minimum atomic E-state index is -0.895. The lowest BCUT2D eigenvalue weighted by atomic mass is 10.0. The highest BCUT2D eigenvalue weighted by atomic mass is 32.1. The van der Waals surface area contributed by atoms with E-state index in [1.807, 2.05) is 0 Å². The van der Waals surface area contributed by atoms with E-state index in [0.717, 1.165) is 9.75 Å². The lowest BCUT2D eigenvalue weighted by Gasteiger charge is -1.98. The van der Waals surface area contributed by atoms with Crippen molar-refractivity contribution in [3.63, 3.8) is 0 Å². The normalized spacial score (nSPS) is 9.31. The molecular weight excluding hydrogens is 440 g/mol. The minimum absolute atomic E-state index is 0.267. The van der Waals surface area contributed by atoms with Gasteiger partial charge in [-0.1, -0.05) is 23.7 Å². The Morgan fingerprint density at radius 1 is 0.562 bits per heavy atom. The topological polar surface area (TPSA) is 68.3 Å². The summed E-state index contributed by atoms with van der Waals surface area (Å²) in [4.78, 5) is 48.7. The molecule has 158 valence electrons. The standard InChI is InChI=1S/C26H18O4S2/c1-17(27)25(18(2)28)15-13-23-11-9-21(31-23)7-5-6-8-22-10-12-24(32-22)14-16-26(19(3)29)20(4)30/h9-12,25-26H,1-4H3. The van der Waals surface area contributed by atoms with E-state index in [1.165, 1.54) is 50.4 Å². The molecule has 0 spiro atoms. The SMILES string of the molecule is CC(=O)C(C#Cc1ccc(C#CC#Cc2ccc(C#CC(C(C)=O)C(C)=O)s2)s1)C(C)=O. The zero-order valence-corrected chi connectivity index (χ0v) is 19.5. The van der Waals surface area contributed by atoms with Crippen molar-refractivity contribution in [2.24, 2.45) is 11.8 Å². The molecule has 4 nitrogen and oxygen atoms in total. The van der Waals surface area contributed by atoms with Gasteiger partial charge in [0, 0.05) is 0 Å². The second kappa shape index (κ2) is 11.6. The lowest BCUT2D eigenvalue weighted by molar-refractivity contribution is -0.129. The van der Waals surface area contributed by atoms with Crippen molar-refractivity contribution in [3.8, 4) is 47.4 Å². The smallest absolute Gasteiger partial charge is 0.152 e. The Morgan fingerprint density at radius 3 is 1.12 bits per heavy atom. The summed E-state index contributed by atoms with van der Waals surface area (Å²) in [5.74, 6) is 19.7. The largest absolute Gasteiger partial charge is 0.298 e. The van der Waals surface area contributed by atoms with Crippen LogP contribution in [0.4, 0.5) is 0 Å². The molecule has 0 aromatic carbocycles. The molecule has 0 atom stereocenters. The maximum Gasteiger partial charge on any atom is 0.152 e. The molecule has 6 heteroatoms. The average molecular weight is 459 g/mol. The van der Waals surface area contributed by atoms with E-state index in [0.29, 0.717) is 9.75 Å². The van der Waals surface area contributed by atoms with Crippen LogP contribution in [0.5, 0.6) is 0 Å². The molecule has 2 aromatic heterocycles. The number of carbonyl (C=O) groups excluding carboxylic acids is 4. The van der Waals surface area contributed by atoms with Gasteiger partial charge in [0.25, 0.3) is 0 Å². The molecule has 0 bridgehead atoms. The summed E-state index contributed by atoms with van der Waals surface area (Å²) in [6.07, 6.45) is 0. The first-order valence-electron chi connectivity index (χ1n) is 9.44. The fourth-order valence-electron chi connectivity index (χ4n) is 2.40. The fourth-order valence-corrected chi connectivity index (χ4v) is 3.84. The molecule has 0 radical (unpaired) electrons. The molecule has 0 aliphatic rings. The van der Waals surface area contributed by atoms with Gasteiger partial charge in [0.1, 0.15) is 11.8 Å². The van der Waals surface area contributed by atoms with Crippen LogP contribution in [0.1, 0.15) is 47.2 Å². The Balaban J connectivity index is 2.06. The van der Waals surface area contributed by atoms with Crippen molar-refractivity contribution >= 4 is 45.8 Å². The molecule has 2 rings (SSSR count). The highest BCUT2D eigenvalue weighted by molar-refractivity contribution is 7.13. The van der Waals surface area contributed by atoms with Gasteiger partial charge in [-0.15, -0.1) is 22.7 Å². The van der Waals surface area contributed by atoms with Crippen LogP contribution in [0.2, 0.25) is 0 Å². The summed E-state index contributed by atoms with van der Waals surface area (Å²) in [6, 6.07) is 7.18. The molecule has 2 aromatic rings. The summed E-state index contributed by atoms with van der Waals surface area (Å²) < 4.78 is 0. The first kappa shape index (κ1) is 24.6. The number of ketones is 4. The average Bonchev–Trinajstić information content (AvgIpc) is 3.34. The number of hydrogen-bond donors (Lipinski definition) is 0. The number of Topliss-reactive ketones (excluding diaryl/α,β-unsaturated/α-hetero) is 4. The van der Waals surface area contributed by atoms with Crippen molar-refractivity contribution in [3.05, 3.63) is 43.8 Å². The van der Waals surface area contributed by atoms with Crippen LogP contribution in [0, 0.1) is 59.2 Å². The summed E-state index contributed by atoms with van der Waals surface area (Å²) >= 11 is 2.71. The monoisotopic (exact) mass is 458 g/mol. The van der Waals surface area contributed by atoms with Gasteiger partial charge in [-0.05, 0) is 75.6 Å². The minimum Gasteiger partial charge on any atom is -0.298 e. The molecule has 2 heterocycles. The van der Waals surface area contributed by atoms with Gasteiger partial charge in [0.15, 0.2) is 23.1 Å². The molecule has 32 heavy (non-hydrogen) atoms. The van der Waals surface area contributed by atoms with Crippen LogP contribution in [0.15, 0.2) is 24.3 Å². The Kier molecular flexibility index (Phi) is 8.95. The number of rotatable bonds is 4. The first-order chi connectivity index (χ1) is 15.2. The van der Waals surface area contributed by atoms with Gasteiger partial charge < -0.3 is 0 Å². The Hall–Kier alpha value is -3.68. The fraction of sp³-hybridized carbons (Fsp3) is 0.231. The highest BCUT2D eigenvalue weighted by Gasteiger charge is 2.16. The lowest BCUT2D eigenvalue weighted by Crippen LogP contribution is -2.17. The van der Waals surface area contributed by atoms with E-state index in [-0.39, 0.29) is 23.1 Å². The van der Waals surface area contributed by atoms with E-state index in [4.69, 9.17) is 0 Å². The molecule has 0 fully saturated rings. The van der Waals surface area contributed by atoms with Gasteiger partial charge in [0.2, 0.25) is 0 Å². The Labute approximate surface area is 195 Å². The number of carbonyl (C=O) groups is 4. The highest BCUT2D eigenvalue weighted by Crippen LogP contribution is 2.15. The third-order valence-corrected chi connectivity index (χ3v) is 5.78. The van der Waals surface area contributed by atoms with E-state index in [1.54, 1.807) is 24.3 Å².